The maximum Gasteiger partial charge on any atom is 0.305 e. The van der Waals surface area contributed by atoms with Gasteiger partial charge in [-0.1, -0.05) is 11.6 Å². The lowest BCUT2D eigenvalue weighted by Gasteiger charge is -2.12. The summed E-state index contributed by atoms with van der Waals surface area (Å²) in [6.45, 7) is 1.54. The number of nitrogens with zero attached hydrogens (tertiary/aromatic N) is 3. The monoisotopic (exact) mass is 336 g/mol. The fourth-order valence-electron chi connectivity index (χ4n) is 2.07. The Bertz CT molecular complexity index is 723. The van der Waals surface area contributed by atoms with Crippen molar-refractivity contribution < 1.29 is 14.4 Å². The Kier molecular flexibility index (Phi) is 4.42. The Balaban J connectivity index is 1.72. The molecule has 1 aliphatic rings. The van der Waals surface area contributed by atoms with Gasteiger partial charge in [-0.25, -0.2) is 9.97 Å². The van der Waals surface area contributed by atoms with Gasteiger partial charge in [-0.15, -0.1) is 0 Å². The van der Waals surface area contributed by atoms with E-state index in [0.29, 0.717) is 42.2 Å². The second-order valence-corrected chi connectivity index (χ2v) is 5.24. The van der Waals surface area contributed by atoms with E-state index in [4.69, 9.17) is 21.1 Å². The molecule has 120 valence electrons. The molecule has 0 unspecified atom stereocenters. The molecule has 1 aromatic heterocycles. The van der Waals surface area contributed by atoms with Crippen molar-refractivity contribution in [2.45, 2.75) is 13.0 Å². The minimum Gasteiger partial charge on any atom is -0.489 e. The highest BCUT2D eigenvalue weighted by Gasteiger charge is 2.15. The predicted octanol–water partition coefficient (Wildman–Crippen LogP) is 2.81. The SMILES string of the molecule is O=[N+]([O-])c1cnc(NCc2cc(Cl)c3c(c2)OCCCO3)nc1. The van der Waals surface area contributed by atoms with Gasteiger partial charge in [-0.2, -0.15) is 0 Å². The van der Waals surface area contributed by atoms with Gasteiger partial charge in [0.2, 0.25) is 5.95 Å². The highest BCUT2D eigenvalue weighted by Crippen LogP contribution is 2.38. The normalized spacial score (nSPS) is 13.3. The molecule has 1 aliphatic heterocycles. The third kappa shape index (κ3) is 3.59. The van der Waals surface area contributed by atoms with Gasteiger partial charge >= 0.3 is 5.69 Å². The average molecular weight is 337 g/mol. The number of hydrogen-bond acceptors (Lipinski definition) is 7. The van der Waals surface area contributed by atoms with Crippen LogP contribution in [0.4, 0.5) is 11.6 Å². The number of halogens is 1. The van der Waals surface area contributed by atoms with Gasteiger partial charge in [0.05, 0.1) is 23.2 Å². The maximum atomic E-state index is 10.6. The second kappa shape index (κ2) is 6.66. The first-order valence-electron chi connectivity index (χ1n) is 6.92. The molecule has 0 amide bonds. The number of nitrogens with one attached hydrogen (secondary N) is 1. The molecule has 23 heavy (non-hydrogen) atoms. The van der Waals surface area contributed by atoms with E-state index >= 15 is 0 Å². The van der Waals surface area contributed by atoms with Crippen LogP contribution in [0.3, 0.4) is 0 Å². The lowest BCUT2D eigenvalue weighted by molar-refractivity contribution is -0.385. The van der Waals surface area contributed by atoms with Crippen LogP contribution >= 0.6 is 11.6 Å². The van der Waals surface area contributed by atoms with Crippen molar-refractivity contribution in [2.24, 2.45) is 0 Å². The molecule has 2 aromatic rings. The quantitative estimate of drug-likeness (QED) is 0.676. The molecule has 1 aromatic carbocycles. The lowest BCUT2D eigenvalue weighted by atomic mass is 10.2. The van der Waals surface area contributed by atoms with Crippen molar-refractivity contribution >= 4 is 23.2 Å². The minimum atomic E-state index is -0.548. The molecule has 8 nitrogen and oxygen atoms in total. The first-order chi connectivity index (χ1) is 11.1. The fourth-order valence-corrected chi connectivity index (χ4v) is 2.36. The topological polar surface area (TPSA) is 99.4 Å². The second-order valence-electron chi connectivity index (χ2n) is 4.83. The minimum absolute atomic E-state index is 0.158. The van der Waals surface area contributed by atoms with Crippen molar-refractivity contribution in [3.05, 3.63) is 45.2 Å². The third-order valence-electron chi connectivity index (χ3n) is 3.16. The largest absolute Gasteiger partial charge is 0.489 e. The number of aromatic nitrogens is 2. The van der Waals surface area contributed by atoms with E-state index < -0.39 is 4.92 Å². The van der Waals surface area contributed by atoms with Gasteiger partial charge in [0.25, 0.3) is 0 Å². The van der Waals surface area contributed by atoms with Gasteiger partial charge in [0.15, 0.2) is 11.5 Å². The van der Waals surface area contributed by atoms with Crippen LogP contribution in [-0.2, 0) is 6.54 Å². The number of fused-ring (bicyclic) bond motifs is 1. The van der Waals surface area contributed by atoms with E-state index in [1.54, 1.807) is 6.07 Å². The number of benzene rings is 1. The summed E-state index contributed by atoms with van der Waals surface area (Å²) < 4.78 is 11.2. The summed E-state index contributed by atoms with van der Waals surface area (Å²) in [5.74, 6) is 1.45. The summed E-state index contributed by atoms with van der Waals surface area (Å²) in [7, 11) is 0. The van der Waals surface area contributed by atoms with E-state index in [1.807, 2.05) is 6.07 Å². The van der Waals surface area contributed by atoms with Crippen molar-refractivity contribution in [3.8, 4) is 11.5 Å². The van der Waals surface area contributed by atoms with Crippen LogP contribution < -0.4 is 14.8 Å². The molecule has 0 aliphatic carbocycles. The molecule has 0 fully saturated rings. The van der Waals surface area contributed by atoms with Crippen LogP contribution in [-0.4, -0.2) is 28.1 Å². The summed E-state index contributed by atoms with van der Waals surface area (Å²) in [4.78, 5) is 17.8. The number of hydrogen-bond donors (Lipinski definition) is 1. The van der Waals surface area contributed by atoms with Crippen LogP contribution in [0.5, 0.6) is 11.5 Å². The van der Waals surface area contributed by atoms with Gasteiger partial charge in [0, 0.05) is 13.0 Å². The van der Waals surface area contributed by atoms with E-state index in [0.717, 1.165) is 24.4 Å². The molecule has 0 saturated heterocycles. The third-order valence-corrected chi connectivity index (χ3v) is 3.44. The molecule has 0 bridgehead atoms. The van der Waals surface area contributed by atoms with E-state index in [2.05, 4.69) is 15.3 Å². The number of ether oxygens (including phenoxy) is 2. The first-order valence-corrected chi connectivity index (χ1v) is 7.29. The van der Waals surface area contributed by atoms with E-state index in [9.17, 15) is 10.1 Å². The smallest absolute Gasteiger partial charge is 0.305 e. The van der Waals surface area contributed by atoms with Gasteiger partial charge in [0.1, 0.15) is 12.4 Å². The summed E-state index contributed by atoms with van der Waals surface area (Å²) in [5.41, 5.74) is 0.704. The predicted molar refractivity (Wildman–Crippen MR) is 83.1 cm³/mol. The first kappa shape index (κ1) is 15.3. The van der Waals surface area contributed by atoms with Crippen molar-refractivity contribution in [3.63, 3.8) is 0 Å². The Morgan fingerprint density at radius 3 is 2.74 bits per heavy atom. The fraction of sp³-hybridized carbons (Fsp3) is 0.286. The Labute approximate surface area is 136 Å². The van der Waals surface area contributed by atoms with Crippen molar-refractivity contribution in [1.29, 1.82) is 0 Å². The molecule has 0 spiro atoms. The van der Waals surface area contributed by atoms with Crippen molar-refractivity contribution in [2.75, 3.05) is 18.5 Å². The zero-order valence-electron chi connectivity index (χ0n) is 12.0. The van der Waals surface area contributed by atoms with Crippen LogP contribution in [0.15, 0.2) is 24.5 Å². The van der Waals surface area contributed by atoms with Gasteiger partial charge < -0.3 is 14.8 Å². The molecule has 0 atom stereocenters. The Morgan fingerprint density at radius 1 is 1.26 bits per heavy atom. The summed E-state index contributed by atoms with van der Waals surface area (Å²) >= 11 is 6.22. The highest BCUT2D eigenvalue weighted by atomic mass is 35.5. The summed E-state index contributed by atoms with van der Waals surface area (Å²) in [5, 5.41) is 14.0. The molecular formula is C14H13ClN4O4. The molecule has 0 radical (unpaired) electrons. The lowest BCUT2D eigenvalue weighted by Crippen LogP contribution is -2.04. The van der Waals surface area contributed by atoms with Crippen LogP contribution in [0.2, 0.25) is 5.02 Å². The Morgan fingerprint density at radius 2 is 2.00 bits per heavy atom. The molecule has 1 N–H and O–H groups in total. The van der Waals surface area contributed by atoms with Gasteiger partial charge in [-0.3, -0.25) is 10.1 Å². The summed E-state index contributed by atoms with van der Waals surface area (Å²) in [6.07, 6.45) is 3.10. The molecule has 0 saturated carbocycles. The molecular weight excluding hydrogens is 324 g/mol. The van der Waals surface area contributed by atoms with Gasteiger partial charge in [-0.05, 0) is 17.7 Å². The maximum absolute atomic E-state index is 10.6. The average Bonchev–Trinajstić information content (AvgIpc) is 2.79. The van der Waals surface area contributed by atoms with E-state index in [-0.39, 0.29) is 5.69 Å². The van der Waals surface area contributed by atoms with Crippen LogP contribution in [0.1, 0.15) is 12.0 Å². The Hall–Kier alpha value is -2.61. The molecule has 3 rings (SSSR count). The molecule has 9 heteroatoms. The van der Waals surface area contributed by atoms with Crippen molar-refractivity contribution in [1.82, 2.24) is 9.97 Å². The van der Waals surface area contributed by atoms with Crippen LogP contribution in [0.25, 0.3) is 0 Å². The standard InChI is InChI=1S/C14H13ClN4O4/c15-11-4-9(5-12-13(11)23-3-1-2-22-12)6-16-14-17-7-10(8-18-14)19(20)21/h4-5,7-8H,1-3,6H2,(H,16,17,18). The summed E-state index contributed by atoms with van der Waals surface area (Å²) in [6, 6.07) is 3.61. The zero-order valence-corrected chi connectivity index (χ0v) is 12.7. The number of anilines is 1. The molecule has 2 heterocycles. The van der Waals surface area contributed by atoms with Crippen LogP contribution in [0, 0.1) is 10.1 Å². The number of rotatable bonds is 4. The highest BCUT2D eigenvalue weighted by molar-refractivity contribution is 6.32. The zero-order chi connectivity index (χ0) is 16.2. The van der Waals surface area contributed by atoms with E-state index in [1.165, 1.54) is 0 Å². The number of nitro groups is 1.